The lowest BCUT2D eigenvalue weighted by Crippen LogP contribution is -2.15. The van der Waals surface area contributed by atoms with Gasteiger partial charge in [-0.2, -0.15) is 5.16 Å². The van der Waals surface area contributed by atoms with Crippen molar-refractivity contribution in [3.63, 3.8) is 0 Å². The molecule has 0 unspecified atom stereocenters. The lowest BCUT2D eigenvalue weighted by atomic mass is 10.1. The van der Waals surface area contributed by atoms with Crippen molar-refractivity contribution in [3.8, 4) is 0 Å². The van der Waals surface area contributed by atoms with Crippen molar-refractivity contribution in [2.75, 3.05) is 0 Å². The van der Waals surface area contributed by atoms with Crippen molar-refractivity contribution < 1.29 is 4.52 Å². The van der Waals surface area contributed by atoms with Crippen molar-refractivity contribution in [1.82, 2.24) is 15.1 Å². The Labute approximate surface area is 85.5 Å². The van der Waals surface area contributed by atoms with Gasteiger partial charge in [-0.3, -0.25) is 4.79 Å². The number of aromatic amines is 2. The first kappa shape index (κ1) is 9.72. The summed E-state index contributed by atoms with van der Waals surface area (Å²) in [6.07, 6.45) is 3.84. The van der Waals surface area contributed by atoms with Gasteiger partial charge in [-0.15, -0.1) is 0 Å². The van der Waals surface area contributed by atoms with Crippen LogP contribution in [0.3, 0.4) is 0 Å². The summed E-state index contributed by atoms with van der Waals surface area (Å²) in [5.41, 5.74) is 7.11. The van der Waals surface area contributed by atoms with Crippen LogP contribution in [0.25, 0.3) is 0 Å². The van der Waals surface area contributed by atoms with E-state index in [9.17, 15) is 4.79 Å². The Kier molecular flexibility index (Phi) is 2.42. The van der Waals surface area contributed by atoms with Crippen LogP contribution in [-0.2, 0) is 6.42 Å². The summed E-state index contributed by atoms with van der Waals surface area (Å²) in [6, 6.07) is -0.343. The quantitative estimate of drug-likeness (QED) is 0.672. The number of nitrogens with two attached hydrogens (primary N) is 1. The van der Waals surface area contributed by atoms with Crippen LogP contribution < -0.4 is 11.3 Å². The number of rotatable bonds is 3. The standard InChI is InChI=1S/C9H12N4O2/c1-5-8(15-13-9(5)14)7(10)2-6-3-11-4-12-6/h3-4,7H,2,10H2,1H3,(H,11,12)(H,13,14)/t7-/m0/s1. The SMILES string of the molecule is Cc1c([C@@H](N)Cc2cnc[nH]2)o[nH]c1=O. The Morgan fingerprint density at radius 3 is 3.00 bits per heavy atom. The van der Waals surface area contributed by atoms with E-state index in [1.54, 1.807) is 19.4 Å². The molecule has 0 aliphatic heterocycles. The molecule has 0 aliphatic rings. The molecule has 1 atom stereocenters. The van der Waals surface area contributed by atoms with E-state index in [4.69, 9.17) is 10.3 Å². The predicted molar refractivity (Wildman–Crippen MR) is 53.3 cm³/mol. The number of nitrogens with zero attached hydrogens (tertiary/aromatic N) is 1. The molecule has 0 amide bonds. The summed E-state index contributed by atoms with van der Waals surface area (Å²) in [6.45, 7) is 1.69. The first-order valence-corrected chi connectivity index (χ1v) is 4.59. The molecule has 2 aromatic rings. The molecule has 0 radical (unpaired) electrons. The number of H-pyrrole nitrogens is 2. The average Bonchev–Trinajstić information content (AvgIpc) is 2.79. The smallest absolute Gasteiger partial charge is 0.283 e. The molecule has 6 nitrogen and oxygen atoms in total. The van der Waals surface area contributed by atoms with Gasteiger partial charge in [0.2, 0.25) is 0 Å². The molecule has 2 rings (SSSR count). The van der Waals surface area contributed by atoms with E-state index in [1.807, 2.05) is 0 Å². The molecule has 4 N–H and O–H groups in total. The maximum atomic E-state index is 11.1. The highest BCUT2D eigenvalue weighted by Crippen LogP contribution is 2.15. The largest absolute Gasteiger partial charge is 0.382 e. The van der Waals surface area contributed by atoms with E-state index in [1.165, 1.54) is 0 Å². The molecule has 0 saturated heterocycles. The van der Waals surface area contributed by atoms with E-state index >= 15 is 0 Å². The highest BCUT2D eigenvalue weighted by Gasteiger charge is 2.16. The zero-order valence-corrected chi connectivity index (χ0v) is 8.28. The van der Waals surface area contributed by atoms with Crippen LogP contribution in [-0.4, -0.2) is 15.1 Å². The van der Waals surface area contributed by atoms with Gasteiger partial charge in [0, 0.05) is 18.3 Å². The Morgan fingerprint density at radius 1 is 1.67 bits per heavy atom. The molecular weight excluding hydrogens is 196 g/mol. The van der Waals surface area contributed by atoms with E-state index in [-0.39, 0.29) is 11.6 Å². The van der Waals surface area contributed by atoms with Crippen molar-refractivity contribution in [3.05, 3.63) is 39.9 Å². The minimum atomic E-state index is -0.343. The minimum absolute atomic E-state index is 0.231. The highest BCUT2D eigenvalue weighted by atomic mass is 16.5. The van der Waals surface area contributed by atoms with Gasteiger partial charge in [0.1, 0.15) is 0 Å². The summed E-state index contributed by atoms with van der Waals surface area (Å²) in [5, 5.41) is 2.26. The zero-order valence-electron chi connectivity index (χ0n) is 8.28. The number of aromatic nitrogens is 3. The van der Waals surface area contributed by atoms with Gasteiger partial charge in [0.25, 0.3) is 5.56 Å². The van der Waals surface area contributed by atoms with Gasteiger partial charge in [-0.25, -0.2) is 4.98 Å². The molecule has 0 fully saturated rings. The summed E-state index contributed by atoms with van der Waals surface area (Å²) in [5.74, 6) is 0.495. The molecule has 15 heavy (non-hydrogen) atoms. The topological polar surface area (TPSA) is 101 Å². The lowest BCUT2D eigenvalue weighted by molar-refractivity contribution is 0.355. The summed E-state index contributed by atoms with van der Waals surface area (Å²) in [4.78, 5) is 17.9. The third kappa shape index (κ3) is 1.84. The Bertz CT molecular complexity index is 482. The van der Waals surface area contributed by atoms with Crippen molar-refractivity contribution in [2.45, 2.75) is 19.4 Å². The van der Waals surface area contributed by atoms with Crippen LogP contribution >= 0.6 is 0 Å². The molecule has 2 heterocycles. The van der Waals surface area contributed by atoms with E-state index in [2.05, 4.69) is 15.1 Å². The normalized spacial score (nSPS) is 12.9. The second kappa shape index (κ2) is 3.74. The van der Waals surface area contributed by atoms with Gasteiger partial charge >= 0.3 is 0 Å². The van der Waals surface area contributed by atoms with Crippen molar-refractivity contribution >= 4 is 0 Å². The van der Waals surface area contributed by atoms with Crippen LogP contribution in [0.1, 0.15) is 23.1 Å². The van der Waals surface area contributed by atoms with Crippen LogP contribution in [0.5, 0.6) is 0 Å². The van der Waals surface area contributed by atoms with Crippen molar-refractivity contribution in [2.24, 2.45) is 5.73 Å². The highest BCUT2D eigenvalue weighted by molar-refractivity contribution is 5.16. The first-order valence-electron chi connectivity index (χ1n) is 4.59. The van der Waals surface area contributed by atoms with Crippen LogP contribution in [0.4, 0.5) is 0 Å². The lowest BCUT2D eigenvalue weighted by Gasteiger charge is -2.06. The number of imidazole rings is 1. The van der Waals surface area contributed by atoms with Crippen LogP contribution in [0, 0.1) is 6.92 Å². The minimum Gasteiger partial charge on any atom is -0.382 e. The van der Waals surface area contributed by atoms with Crippen molar-refractivity contribution in [1.29, 1.82) is 0 Å². The van der Waals surface area contributed by atoms with E-state index < -0.39 is 0 Å². The average molecular weight is 208 g/mol. The molecule has 0 aliphatic carbocycles. The zero-order chi connectivity index (χ0) is 10.8. The Hall–Kier alpha value is -1.82. The molecule has 2 aromatic heterocycles. The third-order valence-corrected chi connectivity index (χ3v) is 2.30. The van der Waals surface area contributed by atoms with E-state index in [0.29, 0.717) is 17.7 Å². The monoisotopic (exact) mass is 208 g/mol. The fourth-order valence-corrected chi connectivity index (χ4v) is 1.45. The molecular formula is C9H12N4O2. The molecule has 0 bridgehead atoms. The maximum absolute atomic E-state index is 11.1. The van der Waals surface area contributed by atoms with Gasteiger partial charge in [0.05, 0.1) is 17.9 Å². The first-order chi connectivity index (χ1) is 7.18. The summed E-state index contributed by atoms with van der Waals surface area (Å²) < 4.78 is 5.01. The van der Waals surface area contributed by atoms with Gasteiger partial charge < -0.3 is 15.2 Å². The summed E-state index contributed by atoms with van der Waals surface area (Å²) in [7, 11) is 0. The number of hydrogen-bond acceptors (Lipinski definition) is 4. The number of hydrogen-bond donors (Lipinski definition) is 3. The molecule has 0 saturated carbocycles. The molecule has 0 spiro atoms. The van der Waals surface area contributed by atoms with Gasteiger partial charge in [0.15, 0.2) is 5.76 Å². The predicted octanol–water partition coefficient (Wildman–Crippen LogP) is 0.242. The Morgan fingerprint density at radius 2 is 2.47 bits per heavy atom. The van der Waals surface area contributed by atoms with Gasteiger partial charge in [-0.05, 0) is 6.92 Å². The fraction of sp³-hybridized carbons (Fsp3) is 0.333. The van der Waals surface area contributed by atoms with Crippen LogP contribution in [0.2, 0.25) is 0 Å². The molecule has 80 valence electrons. The third-order valence-electron chi connectivity index (χ3n) is 2.30. The fourth-order valence-electron chi connectivity index (χ4n) is 1.45. The Balaban J connectivity index is 2.18. The molecule has 0 aromatic carbocycles. The second-order valence-electron chi connectivity index (χ2n) is 3.41. The van der Waals surface area contributed by atoms with Crippen LogP contribution in [0.15, 0.2) is 21.8 Å². The van der Waals surface area contributed by atoms with E-state index in [0.717, 1.165) is 5.69 Å². The summed E-state index contributed by atoms with van der Waals surface area (Å²) >= 11 is 0. The maximum Gasteiger partial charge on any atom is 0.283 e. The van der Waals surface area contributed by atoms with Gasteiger partial charge in [-0.1, -0.05) is 0 Å². The molecule has 6 heteroatoms. The number of nitrogens with one attached hydrogen (secondary N) is 2. The second-order valence-corrected chi connectivity index (χ2v) is 3.41.